The van der Waals surface area contributed by atoms with Gasteiger partial charge in [-0.1, -0.05) is 24.6 Å². The number of nitrogens with one attached hydrogen (secondary N) is 1. The topological polar surface area (TPSA) is 42.0 Å². The number of para-hydroxylation sites is 1. The lowest BCUT2D eigenvalue weighted by atomic mass is 10.1. The standard InChI is InChI=1S/C12H11NO.C6H13N/c1-8-11(9(2)14)7-10-5-3-4-6-12(10)13-8;1-6-4-2-3-5-7-6/h3-7H,1-2H3;6-7H,2-5H2,1H3. The highest BCUT2D eigenvalue weighted by atomic mass is 16.1. The summed E-state index contributed by atoms with van der Waals surface area (Å²) in [6.45, 7) is 6.92. The number of piperidine rings is 1. The molecule has 21 heavy (non-hydrogen) atoms. The van der Waals surface area contributed by atoms with Gasteiger partial charge in [-0.25, -0.2) is 0 Å². The van der Waals surface area contributed by atoms with Crippen molar-refractivity contribution in [2.24, 2.45) is 0 Å². The molecule has 0 aliphatic carbocycles. The van der Waals surface area contributed by atoms with Gasteiger partial charge in [0, 0.05) is 22.7 Å². The number of hydrogen-bond donors (Lipinski definition) is 1. The summed E-state index contributed by atoms with van der Waals surface area (Å²) in [5.74, 6) is 0.0701. The van der Waals surface area contributed by atoms with Crippen molar-refractivity contribution in [3.8, 4) is 0 Å². The van der Waals surface area contributed by atoms with Gasteiger partial charge < -0.3 is 5.32 Å². The fourth-order valence-electron chi connectivity index (χ4n) is 2.59. The van der Waals surface area contributed by atoms with Gasteiger partial charge in [-0.3, -0.25) is 9.78 Å². The van der Waals surface area contributed by atoms with Crippen molar-refractivity contribution in [2.45, 2.75) is 46.1 Å². The van der Waals surface area contributed by atoms with E-state index in [4.69, 9.17) is 0 Å². The molecule has 1 aliphatic rings. The van der Waals surface area contributed by atoms with E-state index in [1.807, 2.05) is 37.3 Å². The number of benzene rings is 1. The summed E-state index contributed by atoms with van der Waals surface area (Å²) in [5.41, 5.74) is 2.45. The highest BCUT2D eigenvalue weighted by Gasteiger charge is 2.06. The Labute approximate surface area is 126 Å². The van der Waals surface area contributed by atoms with E-state index in [0.29, 0.717) is 5.56 Å². The monoisotopic (exact) mass is 284 g/mol. The molecule has 0 spiro atoms. The average Bonchev–Trinajstić information content (AvgIpc) is 2.47. The summed E-state index contributed by atoms with van der Waals surface area (Å²) >= 11 is 0. The molecular formula is C18H24N2O. The average molecular weight is 284 g/mol. The molecule has 0 radical (unpaired) electrons. The van der Waals surface area contributed by atoms with Crippen LogP contribution >= 0.6 is 0 Å². The van der Waals surface area contributed by atoms with E-state index >= 15 is 0 Å². The normalized spacial score (nSPS) is 18.0. The maximum absolute atomic E-state index is 11.3. The summed E-state index contributed by atoms with van der Waals surface area (Å²) in [4.78, 5) is 15.6. The Bertz CT molecular complexity index is 616. The molecule has 0 amide bonds. The number of pyridine rings is 1. The van der Waals surface area contributed by atoms with Gasteiger partial charge in [-0.15, -0.1) is 0 Å². The molecule has 1 unspecified atom stereocenters. The van der Waals surface area contributed by atoms with E-state index in [-0.39, 0.29) is 5.78 Å². The number of nitrogens with zero attached hydrogens (tertiary/aromatic N) is 1. The molecule has 3 rings (SSSR count). The molecule has 0 saturated carbocycles. The van der Waals surface area contributed by atoms with Crippen LogP contribution in [0.5, 0.6) is 0 Å². The van der Waals surface area contributed by atoms with Crippen molar-refractivity contribution in [3.63, 3.8) is 0 Å². The summed E-state index contributed by atoms with van der Waals surface area (Å²) in [7, 11) is 0. The molecule has 1 saturated heterocycles. The number of carbonyl (C=O) groups excluding carboxylic acids is 1. The second kappa shape index (κ2) is 7.32. The highest BCUT2D eigenvalue weighted by molar-refractivity contribution is 5.98. The maximum atomic E-state index is 11.3. The third-order valence-corrected chi connectivity index (χ3v) is 3.85. The van der Waals surface area contributed by atoms with Gasteiger partial charge in [0.2, 0.25) is 0 Å². The van der Waals surface area contributed by atoms with Crippen LogP contribution < -0.4 is 5.32 Å². The molecule has 112 valence electrons. The minimum absolute atomic E-state index is 0.0701. The first-order chi connectivity index (χ1) is 10.1. The zero-order chi connectivity index (χ0) is 15.2. The van der Waals surface area contributed by atoms with Gasteiger partial charge in [-0.05, 0) is 52.3 Å². The van der Waals surface area contributed by atoms with E-state index in [0.717, 1.165) is 22.6 Å². The minimum atomic E-state index is 0.0701. The number of ketones is 1. The van der Waals surface area contributed by atoms with Crippen molar-refractivity contribution in [2.75, 3.05) is 6.54 Å². The molecule has 2 aromatic rings. The van der Waals surface area contributed by atoms with Crippen molar-refractivity contribution < 1.29 is 4.79 Å². The number of hydrogen-bond acceptors (Lipinski definition) is 3. The fraction of sp³-hybridized carbons (Fsp3) is 0.444. The first-order valence-electron chi connectivity index (χ1n) is 7.68. The van der Waals surface area contributed by atoms with Crippen LogP contribution in [0.2, 0.25) is 0 Å². The van der Waals surface area contributed by atoms with Crippen molar-refractivity contribution in [3.05, 3.63) is 41.6 Å². The number of carbonyl (C=O) groups is 1. The molecule has 1 N–H and O–H groups in total. The molecule has 1 aromatic heterocycles. The van der Waals surface area contributed by atoms with Gasteiger partial charge in [0.1, 0.15) is 0 Å². The Hall–Kier alpha value is -1.74. The predicted molar refractivity (Wildman–Crippen MR) is 87.8 cm³/mol. The summed E-state index contributed by atoms with van der Waals surface area (Å²) in [6, 6.07) is 10.5. The molecule has 1 aromatic carbocycles. The summed E-state index contributed by atoms with van der Waals surface area (Å²) < 4.78 is 0. The smallest absolute Gasteiger partial charge is 0.161 e. The van der Waals surface area contributed by atoms with Crippen molar-refractivity contribution >= 4 is 16.7 Å². The lowest BCUT2D eigenvalue weighted by molar-refractivity contribution is 0.101. The van der Waals surface area contributed by atoms with Crippen LogP contribution in [0.3, 0.4) is 0 Å². The van der Waals surface area contributed by atoms with E-state index < -0.39 is 0 Å². The number of aromatic nitrogens is 1. The van der Waals surface area contributed by atoms with E-state index in [1.165, 1.54) is 25.8 Å². The van der Waals surface area contributed by atoms with Crippen molar-refractivity contribution in [1.82, 2.24) is 10.3 Å². The Morgan fingerprint density at radius 3 is 2.62 bits per heavy atom. The molecule has 1 atom stereocenters. The second-order valence-corrected chi connectivity index (χ2v) is 5.72. The zero-order valence-electron chi connectivity index (χ0n) is 13.1. The van der Waals surface area contributed by atoms with Crippen LogP contribution in [-0.2, 0) is 0 Å². The van der Waals surface area contributed by atoms with E-state index in [9.17, 15) is 4.79 Å². The number of Topliss-reactive ketones (excluding diaryl/α,β-unsaturated/α-hetero) is 1. The number of aryl methyl sites for hydroxylation is 1. The Balaban J connectivity index is 0.000000194. The molecule has 3 heteroatoms. The molecule has 1 aliphatic heterocycles. The summed E-state index contributed by atoms with van der Waals surface area (Å²) in [6.07, 6.45) is 4.18. The molecular weight excluding hydrogens is 260 g/mol. The van der Waals surface area contributed by atoms with Gasteiger partial charge >= 0.3 is 0 Å². The Kier molecular flexibility index (Phi) is 5.45. The molecule has 1 fully saturated rings. The molecule has 3 nitrogen and oxygen atoms in total. The maximum Gasteiger partial charge on any atom is 0.161 e. The summed E-state index contributed by atoms with van der Waals surface area (Å²) in [5, 5.41) is 4.40. The quantitative estimate of drug-likeness (QED) is 0.808. The SMILES string of the molecule is CC(=O)c1cc2ccccc2nc1C.CC1CCCCN1. The van der Waals surface area contributed by atoms with Gasteiger partial charge in [0.15, 0.2) is 5.78 Å². The first-order valence-corrected chi connectivity index (χ1v) is 7.68. The van der Waals surface area contributed by atoms with Crippen LogP contribution in [0, 0.1) is 6.92 Å². The van der Waals surface area contributed by atoms with Crippen molar-refractivity contribution in [1.29, 1.82) is 0 Å². The van der Waals surface area contributed by atoms with Gasteiger partial charge in [0.05, 0.1) is 5.52 Å². The lowest BCUT2D eigenvalue weighted by Crippen LogP contribution is -2.30. The predicted octanol–water partition coefficient (Wildman–Crippen LogP) is 3.89. The largest absolute Gasteiger partial charge is 0.314 e. The lowest BCUT2D eigenvalue weighted by Gasteiger charge is -2.18. The van der Waals surface area contributed by atoms with Crippen LogP contribution in [0.25, 0.3) is 10.9 Å². The third kappa shape index (κ3) is 4.36. The van der Waals surface area contributed by atoms with Gasteiger partial charge in [0.25, 0.3) is 0 Å². The van der Waals surface area contributed by atoms with E-state index in [1.54, 1.807) is 6.92 Å². The van der Waals surface area contributed by atoms with E-state index in [2.05, 4.69) is 17.2 Å². The van der Waals surface area contributed by atoms with Gasteiger partial charge in [-0.2, -0.15) is 0 Å². The van der Waals surface area contributed by atoms with Crippen LogP contribution in [-0.4, -0.2) is 23.4 Å². The fourth-order valence-corrected chi connectivity index (χ4v) is 2.59. The van der Waals surface area contributed by atoms with Crippen LogP contribution in [0.4, 0.5) is 0 Å². The first kappa shape index (κ1) is 15.6. The second-order valence-electron chi connectivity index (χ2n) is 5.72. The third-order valence-electron chi connectivity index (χ3n) is 3.85. The minimum Gasteiger partial charge on any atom is -0.314 e. The van der Waals surface area contributed by atoms with Crippen LogP contribution in [0.1, 0.15) is 49.2 Å². The number of rotatable bonds is 1. The number of fused-ring (bicyclic) bond motifs is 1. The highest BCUT2D eigenvalue weighted by Crippen LogP contribution is 2.16. The Morgan fingerprint density at radius 2 is 2.05 bits per heavy atom. The van der Waals surface area contributed by atoms with Crippen LogP contribution in [0.15, 0.2) is 30.3 Å². The zero-order valence-corrected chi connectivity index (χ0v) is 13.1. The Morgan fingerprint density at radius 1 is 1.29 bits per heavy atom. The molecule has 0 bridgehead atoms. The molecule has 2 heterocycles.